The molecule has 0 radical (unpaired) electrons. The Morgan fingerprint density at radius 1 is 1.50 bits per heavy atom. The van der Waals surface area contributed by atoms with Gasteiger partial charge < -0.3 is 9.40 Å². The molecule has 16 heavy (non-hydrogen) atoms. The van der Waals surface area contributed by atoms with Gasteiger partial charge in [0.2, 0.25) is 0 Å². The molecule has 86 valence electrons. The lowest BCUT2D eigenvalue weighted by Gasteiger charge is -2.01. The average Bonchev–Trinajstić information content (AvgIpc) is 2.85. The van der Waals surface area contributed by atoms with Gasteiger partial charge in [0.1, 0.15) is 11.5 Å². The lowest BCUT2D eigenvalue weighted by atomic mass is 10.4. The van der Waals surface area contributed by atoms with Gasteiger partial charge in [-0.2, -0.15) is 0 Å². The molecule has 0 bridgehead atoms. The van der Waals surface area contributed by atoms with Crippen LogP contribution in [0.1, 0.15) is 11.5 Å². The highest BCUT2D eigenvalue weighted by atomic mass is 32.2. The first kappa shape index (κ1) is 10.9. The van der Waals surface area contributed by atoms with E-state index in [9.17, 15) is 8.42 Å². The summed E-state index contributed by atoms with van der Waals surface area (Å²) in [6, 6.07) is 3.50. The highest BCUT2D eigenvalue weighted by Crippen LogP contribution is 2.08. The highest BCUT2D eigenvalue weighted by molar-refractivity contribution is 7.89. The van der Waals surface area contributed by atoms with Crippen molar-refractivity contribution in [3.63, 3.8) is 0 Å². The Kier molecular flexibility index (Phi) is 2.80. The zero-order chi connectivity index (χ0) is 11.6. The topological polar surface area (TPSA) is 88.0 Å². The van der Waals surface area contributed by atoms with Gasteiger partial charge in [0.25, 0.3) is 10.0 Å². The molecule has 2 rings (SSSR count). The molecule has 0 atom stereocenters. The molecule has 0 saturated heterocycles. The van der Waals surface area contributed by atoms with Crippen molar-refractivity contribution in [3.05, 3.63) is 36.2 Å². The van der Waals surface area contributed by atoms with Crippen LogP contribution in [0.5, 0.6) is 0 Å². The van der Waals surface area contributed by atoms with E-state index in [0.717, 1.165) is 5.76 Å². The van der Waals surface area contributed by atoms with Crippen LogP contribution in [0.4, 0.5) is 0 Å². The number of imidazole rings is 1. The van der Waals surface area contributed by atoms with Gasteiger partial charge in [-0.1, -0.05) is 0 Å². The number of aromatic nitrogens is 2. The van der Waals surface area contributed by atoms with Gasteiger partial charge in [-0.25, -0.2) is 18.1 Å². The second-order valence-corrected chi connectivity index (χ2v) is 4.99. The van der Waals surface area contributed by atoms with E-state index in [1.165, 1.54) is 12.5 Å². The SMILES string of the molecule is Cc1ccc(CNS(=O)(=O)c2cnc[nH]2)o1. The number of nitrogens with one attached hydrogen (secondary N) is 2. The summed E-state index contributed by atoms with van der Waals surface area (Å²) in [5, 5.41) is 0.0378. The van der Waals surface area contributed by atoms with Crippen molar-refractivity contribution in [2.45, 2.75) is 18.5 Å². The minimum absolute atomic E-state index is 0.0378. The number of furan rings is 1. The number of nitrogens with zero attached hydrogens (tertiary/aromatic N) is 1. The molecule has 0 aliphatic carbocycles. The Morgan fingerprint density at radius 3 is 2.88 bits per heavy atom. The summed E-state index contributed by atoms with van der Waals surface area (Å²) in [5.74, 6) is 1.32. The fourth-order valence-electron chi connectivity index (χ4n) is 1.21. The lowest BCUT2D eigenvalue weighted by Crippen LogP contribution is -2.23. The van der Waals surface area contributed by atoms with Gasteiger partial charge >= 0.3 is 0 Å². The summed E-state index contributed by atoms with van der Waals surface area (Å²) in [6.07, 6.45) is 2.56. The van der Waals surface area contributed by atoms with Crippen molar-refractivity contribution in [2.75, 3.05) is 0 Å². The van der Waals surface area contributed by atoms with E-state index in [1.807, 2.05) is 0 Å². The first-order chi connectivity index (χ1) is 7.58. The third kappa shape index (κ3) is 2.31. The van der Waals surface area contributed by atoms with Crippen LogP contribution >= 0.6 is 0 Å². The maximum absolute atomic E-state index is 11.6. The minimum atomic E-state index is -3.53. The van der Waals surface area contributed by atoms with Crippen molar-refractivity contribution in [1.82, 2.24) is 14.7 Å². The normalized spacial score (nSPS) is 11.8. The summed E-state index contributed by atoms with van der Waals surface area (Å²) in [5.41, 5.74) is 0. The van der Waals surface area contributed by atoms with Gasteiger partial charge in [0, 0.05) is 0 Å². The van der Waals surface area contributed by atoms with Crippen LogP contribution in [0.15, 0.2) is 34.1 Å². The molecule has 2 heterocycles. The van der Waals surface area contributed by atoms with E-state index in [4.69, 9.17) is 4.42 Å². The Balaban J connectivity index is 2.06. The number of sulfonamides is 1. The molecule has 0 unspecified atom stereocenters. The zero-order valence-corrected chi connectivity index (χ0v) is 9.41. The van der Waals surface area contributed by atoms with Crippen LogP contribution in [-0.2, 0) is 16.6 Å². The number of hydrogen-bond donors (Lipinski definition) is 2. The molecular formula is C9H11N3O3S. The van der Waals surface area contributed by atoms with Gasteiger partial charge in [-0.05, 0) is 19.1 Å². The fourth-order valence-corrected chi connectivity index (χ4v) is 2.11. The molecule has 6 nitrogen and oxygen atoms in total. The monoisotopic (exact) mass is 241 g/mol. The van der Waals surface area contributed by atoms with Crippen LogP contribution < -0.4 is 4.72 Å². The van der Waals surface area contributed by atoms with E-state index in [1.54, 1.807) is 19.1 Å². The van der Waals surface area contributed by atoms with E-state index in [2.05, 4.69) is 14.7 Å². The van der Waals surface area contributed by atoms with Crippen LogP contribution in [0.3, 0.4) is 0 Å². The zero-order valence-electron chi connectivity index (χ0n) is 8.60. The summed E-state index contributed by atoms with van der Waals surface area (Å²) in [7, 11) is -3.53. The molecule has 2 aromatic rings. The molecular weight excluding hydrogens is 230 g/mol. The maximum atomic E-state index is 11.6. The van der Waals surface area contributed by atoms with Crippen molar-refractivity contribution in [3.8, 4) is 0 Å². The first-order valence-corrected chi connectivity index (χ1v) is 6.09. The largest absolute Gasteiger partial charge is 0.465 e. The molecule has 0 amide bonds. The standard InChI is InChI=1S/C9H11N3O3S/c1-7-2-3-8(15-7)4-12-16(13,14)9-5-10-6-11-9/h2-3,5-6,12H,4H2,1H3,(H,10,11). The van der Waals surface area contributed by atoms with Gasteiger partial charge in [-0.15, -0.1) is 0 Å². The summed E-state index contributed by atoms with van der Waals surface area (Å²) < 4.78 is 30.9. The van der Waals surface area contributed by atoms with Crippen LogP contribution in [-0.4, -0.2) is 18.4 Å². The number of H-pyrrole nitrogens is 1. The molecule has 0 saturated carbocycles. The third-order valence-electron chi connectivity index (χ3n) is 2.00. The number of hydrogen-bond acceptors (Lipinski definition) is 4. The molecule has 0 spiro atoms. The molecule has 2 aromatic heterocycles. The van der Waals surface area contributed by atoms with Crippen molar-refractivity contribution in [2.24, 2.45) is 0 Å². The van der Waals surface area contributed by atoms with Crippen LogP contribution in [0, 0.1) is 6.92 Å². The van der Waals surface area contributed by atoms with Gasteiger partial charge in [0.05, 0.1) is 19.1 Å². The van der Waals surface area contributed by atoms with Gasteiger partial charge in [-0.3, -0.25) is 0 Å². The maximum Gasteiger partial charge on any atom is 0.258 e. The Bertz CT molecular complexity index is 557. The molecule has 0 fully saturated rings. The van der Waals surface area contributed by atoms with E-state index in [-0.39, 0.29) is 11.6 Å². The first-order valence-electron chi connectivity index (χ1n) is 4.61. The predicted octanol–water partition coefficient (Wildman–Crippen LogP) is 0.790. The minimum Gasteiger partial charge on any atom is -0.465 e. The molecule has 2 N–H and O–H groups in total. The van der Waals surface area contributed by atoms with Crippen molar-refractivity contribution in [1.29, 1.82) is 0 Å². The number of aromatic amines is 1. The second kappa shape index (κ2) is 4.11. The predicted molar refractivity (Wildman–Crippen MR) is 56.1 cm³/mol. The van der Waals surface area contributed by atoms with E-state index in [0.29, 0.717) is 5.76 Å². The Labute approximate surface area is 92.8 Å². The highest BCUT2D eigenvalue weighted by Gasteiger charge is 2.15. The molecule has 0 aliphatic rings. The number of aryl methyl sites for hydroxylation is 1. The molecule has 0 aliphatic heterocycles. The number of rotatable bonds is 4. The second-order valence-electron chi connectivity index (χ2n) is 3.25. The van der Waals surface area contributed by atoms with Gasteiger partial charge in [0.15, 0.2) is 5.03 Å². The van der Waals surface area contributed by atoms with E-state index >= 15 is 0 Å². The Hall–Kier alpha value is -1.60. The van der Waals surface area contributed by atoms with Crippen molar-refractivity contribution >= 4 is 10.0 Å². The summed E-state index contributed by atoms with van der Waals surface area (Å²) >= 11 is 0. The molecule has 7 heteroatoms. The lowest BCUT2D eigenvalue weighted by molar-refractivity contribution is 0.475. The van der Waals surface area contributed by atoms with Crippen molar-refractivity contribution < 1.29 is 12.8 Å². The Morgan fingerprint density at radius 2 is 2.31 bits per heavy atom. The quantitative estimate of drug-likeness (QED) is 0.828. The molecule has 0 aromatic carbocycles. The summed E-state index contributed by atoms with van der Waals surface area (Å²) in [4.78, 5) is 6.18. The smallest absolute Gasteiger partial charge is 0.258 e. The van der Waals surface area contributed by atoms with E-state index < -0.39 is 10.0 Å². The third-order valence-corrected chi connectivity index (χ3v) is 3.32. The average molecular weight is 241 g/mol. The summed E-state index contributed by atoms with van der Waals surface area (Å²) in [6.45, 7) is 1.92. The van der Waals surface area contributed by atoms with Crippen LogP contribution in [0.2, 0.25) is 0 Å². The fraction of sp³-hybridized carbons (Fsp3) is 0.222. The van der Waals surface area contributed by atoms with Crippen LogP contribution in [0.25, 0.3) is 0 Å².